The van der Waals surface area contributed by atoms with Crippen molar-refractivity contribution in [3.63, 3.8) is 0 Å². The van der Waals surface area contributed by atoms with E-state index in [1.165, 1.54) is 18.2 Å². The second-order valence-corrected chi connectivity index (χ2v) is 5.65. The van der Waals surface area contributed by atoms with Gasteiger partial charge in [-0.3, -0.25) is 14.9 Å². The predicted octanol–water partition coefficient (Wildman–Crippen LogP) is 3.53. The highest BCUT2D eigenvalue weighted by atomic mass is 79.9. The maximum absolute atomic E-state index is 11.7. The molecule has 0 aliphatic heterocycles. The molecule has 1 aromatic heterocycles. The maximum Gasteiger partial charge on any atom is 0.277 e. The van der Waals surface area contributed by atoms with Crippen molar-refractivity contribution >= 4 is 39.3 Å². The molecule has 0 atom stereocenters. The molecular formula is C16H14BrN3O5. The van der Waals surface area contributed by atoms with Crippen LogP contribution in [-0.4, -0.2) is 23.1 Å². The van der Waals surface area contributed by atoms with Crippen LogP contribution in [0.25, 0.3) is 6.08 Å². The summed E-state index contributed by atoms with van der Waals surface area (Å²) in [6.45, 7) is 1.43. The molecule has 0 unspecified atom stereocenters. The van der Waals surface area contributed by atoms with Gasteiger partial charge in [0.05, 0.1) is 21.4 Å². The molecule has 9 heteroatoms. The van der Waals surface area contributed by atoms with Crippen LogP contribution in [0.4, 0.5) is 5.69 Å². The summed E-state index contributed by atoms with van der Waals surface area (Å²) in [7, 11) is 0. The number of ether oxygens (including phenoxy) is 1. The maximum atomic E-state index is 11.7. The fourth-order valence-electron chi connectivity index (χ4n) is 1.67. The fourth-order valence-corrected chi connectivity index (χ4v) is 2.15. The molecule has 1 N–H and O–H groups in total. The van der Waals surface area contributed by atoms with Crippen molar-refractivity contribution in [3.05, 3.63) is 63.0 Å². The van der Waals surface area contributed by atoms with Crippen LogP contribution in [0.3, 0.4) is 0 Å². The van der Waals surface area contributed by atoms with Gasteiger partial charge < -0.3 is 9.15 Å². The largest absolute Gasteiger partial charge is 0.483 e. The molecule has 0 fully saturated rings. The summed E-state index contributed by atoms with van der Waals surface area (Å²) >= 11 is 3.16. The SMILES string of the molecule is CC(C=Cc1ccco1)=NNC(=O)COc1ccc([N+](=O)[O-])cc1Br. The summed E-state index contributed by atoms with van der Waals surface area (Å²) in [4.78, 5) is 21.9. The van der Waals surface area contributed by atoms with Gasteiger partial charge in [0.2, 0.25) is 0 Å². The highest BCUT2D eigenvalue weighted by Gasteiger charge is 2.11. The van der Waals surface area contributed by atoms with Gasteiger partial charge in [-0.15, -0.1) is 0 Å². The molecule has 0 radical (unpaired) electrons. The highest BCUT2D eigenvalue weighted by molar-refractivity contribution is 9.10. The Balaban J connectivity index is 1.84. The number of rotatable bonds is 7. The standard InChI is InChI=1S/C16H14BrN3O5/c1-11(4-6-13-3-2-8-24-13)18-19-16(21)10-25-15-7-5-12(20(22)23)9-14(15)17/h2-9H,10H2,1H3,(H,19,21). The topological polar surface area (TPSA) is 107 Å². The molecule has 0 bridgehead atoms. The average molecular weight is 408 g/mol. The van der Waals surface area contributed by atoms with E-state index in [1.807, 2.05) is 0 Å². The van der Waals surface area contributed by atoms with Gasteiger partial charge in [0.15, 0.2) is 6.61 Å². The molecule has 25 heavy (non-hydrogen) atoms. The van der Waals surface area contributed by atoms with Gasteiger partial charge in [0.1, 0.15) is 11.5 Å². The van der Waals surface area contributed by atoms with Crippen LogP contribution in [0.2, 0.25) is 0 Å². The van der Waals surface area contributed by atoms with E-state index in [0.717, 1.165) is 0 Å². The molecule has 2 rings (SSSR count). The lowest BCUT2D eigenvalue weighted by Crippen LogP contribution is -2.25. The van der Waals surface area contributed by atoms with Crippen molar-refractivity contribution < 1.29 is 18.9 Å². The Hall–Kier alpha value is -2.94. The Morgan fingerprint density at radius 2 is 2.28 bits per heavy atom. The Morgan fingerprint density at radius 3 is 2.92 bits per heavy atom. The number of nitro benzene ring substituents is 1. The summed E-state index contributed by atoms with van der Waals surface area (Å²) in [5.41, 5.74) is 2.84. The molecule has 2 aromatic rings. The van der Waals surface area contributed by atoms with Gasteiger partial charge in [0.25, 0.3) is 11.6 Å². The van der Waals surface area contributed by atoms with Gasteiger partial charge in [0, 0.05) is 12.1 Å². The first kappa shape index (κ1) is 18.4. The van der Waals surface area contributed by atoms with Crippen LogP contribution in [0.1, 0.15) is 12.7 Å². The third kappa shape index (κ3) is 5.88. The number of nitrogens with one attached hydrogen (secondary N) is 1. The van der Waals surface area contributed by atoms with E-state index in [4.69, 9.17) is 9.15 Å². The quantitative estimate of drug-likeness (QED) is 0.429. The van der Waals surface area contributed by atoms with Crippen LogP contribution >= 0.6 is 15.9 Å². The third-order valence-electron chi connectivity index (χ3n) is 2.87. The van der Waals surface area contributed by atoms with Crippen molar-refractivity contribution in [2.24, 2.45) is 5.10 Å². The van der Waals surface area contributed by atoms with Crippen molar-refractivity contribution in [2.45, 2.75) is 6.92 Å². The lowest BCUT2D eigenvalue weighted by atomic mass is 10.3. The molecule has 0 aliphatic carbocycles. The molecule has 0 saturated carbocycles. The Labute approximate surface area is 151 Å². The number of carbonyl (C=O) groups is 1. The third-order valence-corrected chi connectivity index (χ3v) is 3.49. The number of halogens is 1. The Bertz CT molecular complexity index is 815. The highest BCUT2D eigenvalue weighted by Crippen LogP contribution is 2.28. The number of hydrazone groups is 1. The van der Waals surface area contributed by atoms with Crippen molar-refractivity contribution in [1.29, 1.82) is 0 Å². The van der Waals surface area contributed by atoms with E-state index in [1.54, 1.807) is 37.5 Å². The minimum atomic E-state index is -0.519. The predicted molar refractivity (Wildman–Crippen MR) is 95.3 cm³/mol. The van der Waals surface area contributed by atoms with Crippen LogP contribution in [-0.2, 0) is 4.79 Å². The Kier molecular flexibility index (Phi) is 6.47. The number of nitro groups is 1. The summed E-state index contributed by atoms with van der Waals surface area (Å²) in [6, 6.07) is 7.56. The minimum absolute atomic E-state index is 0.0766. The van der Waals surface area contributed by atoms with Crippen molar-refractivity contribution in [3.8, 4) is 5.75 Å². The number of benzene rings is 1. The first-order valence-electron chi connectivity index (χ1n) is 7.07. The minimum Gasteiger partial charge on any atom is -0.483 e. The second kappa shape index (κ2) is 8.78. The smallest absolute Gasteiger partial charge is 0.277 e. The van der Waals surface area contributed by atoms with Gasteiger partial charge in [-0.05, 0) is 53.2 Å². The number of nitrogens with zero attached hydrogens (tertiary/aromatic N) is 2. The number of non-ortho nitro benzene ring substituents is 1. The zero-order chi connectivity index (χ0) is 18.2. The molecule has 8 nitrogen and oxygen atoms in total. The molecule has 0 saturated heterocycles. The first-order chi connectivity index (χ1) is 12.0. The fraction of sp³-hybridized carbons (Fsp3) is 0.125. The number of hydrogen-bond donors (Lipinski definition) is 1. The number of furan rings is 1. The number of allylic oxidation sites excluding steroid dienone is 1. The average Bonchev–Trinajstić information content (AvgIpc) is 3.10. The summed E-state index contributed by atoms with van der Waals surface area (Å²) in [6.07, 6.45) is 4.96. The van der Waals surface area contributed by atoms with Crippen LogP contribution in [0, 0.1) is 10.1 Å². The van der Waals surface area contributed by atoms with Crippen LogP contribution < -0.4 is 10.2 Å². The molecule has 1 heterocycles. The molecule has 0 spiro atoms. The number of hydrogen-bond acceptors (Lipinski definition) is 6. The van der Waals surface area contributed by atoms with E-state index < -0.39 is 10.8 Å². The Morgan fingerprint density at radius 1 is 1.48 bits per heavy atom. The van der Waals surface area contributed by atoms with Crippen molar-refractivity contribution in [1.82, 2.24) is 5.43 Å². The molecule has 130 valence electrons. The first-order valence-corrected chi connectivity index (χ1v) is 7.86. The number of carbonyl (C=O) groups excluding carboxylic acids is 1. The van der Waals surface area contributed by atoms with E-state index in [2.05, 4.69) is 26.5 Å². The zero-order valence-corrected chi connectivity index (χ0v) is 14.7. The molecular weight excluding hydrogens is 394 g/mol. The van der Waals surface area contributed by atoms with Gasteiger partial charge in [-0.2, -0.15) is 5.10 Å². The van der Waals surface area contributed by atoms with E-state index in [0.29, 0.717) is 21.7 Å². The van der Waals surface area contributed by atoms with E-state index >= 15 is 0 Å². The van der Waals surface area contributed by atoms with Gasteiger partial charge in [-0.1, -0.05) is 0 Å². The molecule has 1 amide bonds. The monoisotopic (exact) mass is 407 g/mol. The second-order valence-electron chi connectivity index (χ2n) is 4.80. The number of amides is 1. The zero-order valence-electron chi connectivity index (χ0n) is 13.1. The van der Waals surface area contributed by atoms with E-state index in [-0.39, 0.29) is 12.3 Å². The molecule has 1 aromatic carbocycles. The summed E-state index contributed by atoms with van der Waals surface area (Å²) in [5, 5.41) is 14.6. The lowest BCUT2D eigenvalue weighted by Gasteiger charge is -2.07. The summed E-state index contributed by atoms with van der Waals surface area (Å²) in [5.74, 6) is 0.530. The van der Waals surface area contributed by atoms with Crippen LogP contribution in [0.15, 0.2) is 56.7 Å². The lowest BCUT2D eigenvalue weighted by molar-refractivity contribution is -0.384. The summed E-state index contributed by atoms with van der Waals surface area (Å²) < 4.78 is 10.8. The van der Waals surface area contributed by atoms with Gasteiger partial charge in [-0.25, -0.2) is 5.43 Å². The normalized spacial score (nSPS) is 11.5. The van der Waals surface area contributed by atoms with Gasteiger partial charge >= 0.3 is 0 Å². The van der Waals surface area contributed by atoms with Crippen molar-refractivity contribution in [2.75, 3.05) is 6.61 Å². The molecule has 0 aliphatic rings. The van der Waals surface area contributed by atoms with Crippen LogP contribution in [0.5, 0.6) is 5.75 Å². The van der Waals surface area contributed by atoms with E-state index in [9.17, 15) is 14.9 Å².